The summed E-state index contributed by atoms with van der Waals surface area (Å²) in [6, 6.07) is 10.3. The predicted octanol–water partition coefficient (Wildman–Crippen LogP) is 4.18. The highest BCUT2D eigenvalue weighted by Crippen LogP contribution is 2.30. The third-order valence-electron chi connectivity index (χ3n) is 6.16. The van der Waals surface area contributed by atoms with Gasteiger partial charge in [-0.05, 0) is 60.8 Å². The van der Waals surface area contributed by atoms with Gasteiger partial charge in [0.15, 0.2) is 11.6 Å². The molecule has 0 spiro atoms. The number of hydrogen-bond acceptors (Lipinski definition) is 4. The number of halogens is 2. The molecule has 0 saturated heterocycles. The van der Waals surface area contributed by atoms with E-state index >= 15 is 4.39 Å². The fourth-order valence-electron chi connectivity index (χ4n) is 4.38. The van der Waals surface area contributed by atoms with E-state index < -0.39 is 0 Å². The van der Waals surface area contributed by atoms with Gasteiger partial charge in [0.2, 0.25) is 0 Å². The molecule has 2 aromatic carbocycles. The molecule has 5 rings (SSSR count). The number of hydrogen-bond donors (Lipinski definition) is 2. The molecular formula is C25H25F2N5. The topological polar surface area (TPSA) is 54.8 Å². The van der Waals surface area contributed by atoms with Crippen molar-refractivity contribution in [1.82, 2.24) is 25.4 Å². The summed E-state index contributed by atoms with van der Waals surface area (Å²) in [7, 11) is 1.77. The highest BCUT2D eigenvalue weighted by molar-refractivity contribution is 5.72. The van der Waals surface area contributed by atoms with Crippen LogP contribution in [0.2, 0.25) is 0 Å². The molecule has 0 bridgehead atoms. The molecule has 2 aliphatic heterocycles. The molecule has 0 unspecified atom stereocenters. The van der Waals surface area contributed by atoms with Crippen LogP contribution in [0.1, 0.15) is 24.0 Å². The van der Waals surface area contributed by atoms with Crippen molar-refractivity contribution in [2.75, 3.05) is 26.2 Å². The van der Waals surface area contributed by atoms with Crippen molar-refractivity contribution in [2.45, 2.75) is 12.8 Å². The van der Waals surface area contributed by atoms with Gasteiger partial charge in [-0.3, -0.25) is 0 Å². The lowest BCUT2D eigenvalue weighted by Gasteiger charge is -2.15. The Balaban J connectivity index is 1.45. The zero-order chi connectivity index (χ0) is 22.1. The molecule has 3 heterocycles. The van der Waals surface area contributed by atoms with Crippen LogP contribution >= 0.6 is 0 Å². The Labute approximate surface area is 185 Å². The summed E-state index contributed by atoms with van der Waals surface area (Å²) in [6.45, 7) is 3.29. The van der Waals surface area contributed by atoms with Crippen molar-refractivity contribution < 1.29 is 8.78 Å². The quantitative estimate of drug-likeness (QED) is 0.648. The fraction of sp³-hybridized carbons (Fsp3) is 0.280. The summed E-state index contributed by atoms with van der Waals surface area (Å²) >= 11 is 0. The summed E-state index contributed by atoms with van der Waals surface area (Å²) in [5.74, 6) is 0.275. The zero-order valence-corrected chi connectivity index (χ0v) is 18.0. The Morgan fingerprint density at radius 3 is 2.00 bits per heavy atom. The lowest BCUT2D eigenvalue weighted by molar-refractivity contribution is 0.621. The number of nitrogens with one attached hydrogen (secondary N) is 2. The molecule has 0 radical (unpaired) electrons. The second kappa shape index (κ2) is 8.76. The first-order valence-electron chi connectivity index (χ1n) is 10.9. The molecule has 2 N–H and O–H groups in total. The third kappa shape index (κ3) is 3.89. The van der Waals surface area contributed by atoms with Gasteiger partial charge in [0.25, 0.3) is 0 Å². The molecule has 1 aromatic heterocycles. The number of nitrogens with zero attached hydrogens (tertiary/aromatic N) is 3. The lowest BCUT2D eigenvalue weighted by Crippen LogP contribution is -2.20. The number of rotatable bonds is 4. The standard InChI is InChI=1S/C25H25F2N5/c1-32-24(19-3-4-20(22(26)15-19)17-8-12-29-13-9-17)30-31-25(32)21-5-2-18(14-23(21)27)16-6-10-28-11-7-16/h2-6,8,14-15,28-29H,7,9-13H2,1H3. The SMILES string of the molecule is Cn1c(-c2ccc(C3=CCNCC3)c(F)c2)nnc1-c1ccc(C2=CCNCC2)cc1F. The monoisotopic (exact) mass is 433 g/mol. The molecule has 32 heavy (non-hydrogen) atoms. The molecule has 0 atom stereocenters. The Morgan fingerprint density at radius 2 is 1.34 bits per heavy atom. The highest BCUT2D eigenvalue weighted by Gasteiger charge is 2.19. The van der Waals surface area contributed by atoms with Gasteiger partial charge in [-0.15, -0.1) is 10.2 Å². The van der Waals surface area contributed by atoms with Crippen LogP contribution in [0.5, 0.6) is 0 Å². The predicted molar refractivity (Wildman–Crippen MR) is 123 cm³/mol. The van der Waals surface area contributed by atoms with Gasteiger partial charge in [-0.1, -0.05) is 30.4 Å². The van der Waals surface area contributed by atoms with E-state index in [1.165, 1.54) is 6.07 Å². The van der Waals surface area contributed by atoms with Crippen LogP contribution in [0.15, 0.2) is 48.6 Å². The maximum atomic E-state index is 15.0. The van der Waals surface area contributed by atoms with Crippen molar-refractivity contribution in [2.24, 2.45) is 7.05 Å². The Kier molecular flexibility index (Phi) is 5.68. The van der Waals surface area contributed by atoms with E-state index in [0.717, 1.165) is 55.7 Å². The third-order valence-corrected chi connectivity index (χ3v) is 6.16. The van der Waals surface area contributed by atoms with Crippen molar-refractivity contribution in [3.8, 4) is 22.8 Å². The van der Waals surface area contributed by atoms with Crippen LogP contribution in [0, 0.1) is 11.6 Å². The van der Waals surface area contributed by atoms with E-state index in [1.54, 1.807) is 29.8 Å². The van der Waals surface area contributed by atoms with Crippen molar-refractivity contribution in [3.05, 3.63) is 71.3 Å². The minimum Gasteiger partial charge on any atom is -0.313 e. The van der Waals surface area contributed by atoms with E-state index in [0.29, 0.717) is 28.3 Å². The van der Waals surface area contributed by atoms with Gasteiger partial charge in [-0.2, -0.15) is 0 Å². The maximum Gasteiger partial charge on any atom is 0.166 e. The average molecular weight is 434 g/mol. The van der Waals surface area contributed by atoms with Crippen LogP contribution < -0.4 is 10.6 Å². The number of benzene rings is 2. The van der Waals surface area contributed by atoms with Crippen LogP contribution in [-0.4, -0.2) is 40.9 Å². The van der Waals surface area contributed by atoms with E-state index in [2.05, 4.69) is 26.9 Å². The largest absolute Gasteiger partial charge is 0.313 e. The minimum absolute atomic E-state index is 0.286. The van der Waals surface area contributed by atoms with Crippen LogP contribution in [0.4, 0.5) is 8.78 Å². The van der Waals surface area contributed by atoms with Crippen molar-refractivity contribution >= 4 is 11.1 Å². The van der Waals surface area contributed by atoms with Crippen molar-refractivity contribution in [1.29, 1.82) is 0 Å². The van der Waals surface area contributed by atoms with Crippen LogP contribution in [0.3, 0.4) is 0 Å². The minimum atomic E-state index is -0.344. The first-order chi connectivity index (χ1) is 15.6. The van der Waals surface area contributed by atoms with Gasteiger partial charge in [0.1, 0.15) is 11.6 Å². The summed E-state index contributed by atoms with van der Waals surface area (Å²) in [6.07, 6.45) is 5.79. The summed E-state index contributed by atoms with van der Waals surface area (Å²) < 4.78 is 31.6. The lowest BCUT2D eigenvalue weighted by atomic mass is 9.98. The second-order valence-corrected chi connectivity index (χ2v) is 8.16. The summed E-state index contributed by atoms with van der Waals surface area (Å²) in [4.78, 5) is 0. The molecule has 0 aliphatic carbocycles. The maximum absolute atomic E-state index is 15.0. The fourth-order valence-corrected chi connectivity index (χ4v) is 4.38. The molecule has 3 aromatic rings. The van der Waals surface area contributed by atoms with E-state index in [9.17, 15) is 4.39 Å². The summed E-state index contributed by atoms with van der Waals surface area (Å²) in [5.41, 5.74) is 4.65. The van der Waals surface area contributed by atoms with E-state index in [4.69, 9.17) is 0 Å². The highest BCUT2D eigenvalue weighted by atomic mass is 19.1. The average Bonchev–Trinajstić information content (AvgIpc) is 3.21. The van der Waals surface area contributed by atoms with E-state index in [1.807, 2.05) is 18.2 Å². The van der Waals surface area contributed by atoms with Gasteiger partial charge in [-0.25, -0.2) is 8.78 Å². The normalized spacial score (nSPS) is 16.6. The van der Waals surface area contributed by atoms with Gasteiger partial charge < -0.3 is 15.2 Å². The molecule has 0 saturated carbocycles. The van der Waals surface area contributed by atoms with Crippen molar-refractivity contribution in [3.63, 3.8) is 0 Å². The molecule has 5 nitrogen and oxygen atoms in total. The van der Waals surface area contributed by atoms with Gasteiger partial charge in [0.05, 0.1) is 5.56 Å². The smallest absolute Gasteiger partial charge is 0.166 e. The Bertz CT molecular complexity index is 1230. The molecule has 2 aliphatic rings. The van der Waals surface area contributed by atoms with Crippen LogP contribution in [-0.2, 0) is 7.05 Å². The number of aromatic nitrogens is 3. The van der Waals surface area contributed by atoms with Gasteiger partial charge >= 0.3 is 0 Å². The van der Waals surface area contributed by atoms with Crippen LogP contribution in [0.25, 0.3) is 33.9 Å². The second-order valence-electron chi connectivity index (χ2n) is 8.16. The first kappa shape index (κ1) is 20.7. The molecule has 164 valence electrons. The molecule has 7 heteroatoms. The Hall–Kier alpha value is -3.16. The summed E-state index contributed by atoms with van der Waals surface area (Å²) in [5, 5.41) is 14.9. The first-order valence-corrected chi connectivity index (χ1v) is 10.9. The zero-order valence-electron chi connectivity index (χ0n) is 18.0. The molecule has 0 fully saturated rings. The van der Waals surface area contributed by atoms with Gasteiger partial charge in [0, 0.05) is 31.3 Å². The molecule has 0 amide bonds. The Morgan fingerprint density at radius 1 is 0.750 bits per heavy atom. The van der Waals surface area contributed by atoms with E-state index in [-0.39, 0.29) is 11.6 Å². The molecular weight excluding hydrogens is 408 g/mol.